The van der Waals surface area contributed by atoms with Gasteiger partial charge < -0.3 is 10.2 Å². The van der Waals surface area contributed by atoms with Gasteiger partial charge in [-0.3, -0.25) is 4.79 Å². The zero-order valence-electron chi connectivity index (χ0n) is 9.12. The molecule has 1 aromatic rings. The first kappa shape index (κ1) is 10.6. The molecule has 0 radical (unpaired) electrons. The molecule has 3 nitrogen and oxygen atoms in total. The fourth-order valence-corrected chi connectivity index (χ4v) is 2.85. The van der Waals surface area contributed by atoms with Gasteiger partial charge in [0.1, 0.15) is 5.00 Å². The van der Waals surface area contributed by atoms with Crippen LogP contribution in [-0.2, 0) is 4.79 Å². The maximum atomic E-state index is 12.1. The number of carbonyl (C=O) groups is 1. The first-order valence-electron chi connectivity index (χ1n) is 5.22. The minimum absolute atomic E-state index is 0.163. The van der Waals surface area contributed by atoms with E-state index in [0.717, 1.165) is 24.5 Å². The molecule has 0 spiro atoms. The molecule has 1 unspecified atom stereocenters. The van der Waals surface area contributed by atoms with Crippen molar-refractivity contribution in [2.75, 3.05) is 25.0 Å². The Morgan fingerprint density at radius 3 is 3.00 bits per heavy atom. The van der Waals surface area contributed by atoms with Crippen LogP contribution in [0.5, 0.6) is 0 Å². The fraction of sp³-hybridized carbons (Fsp3) is 0.545. The van der Waals surface area contributed by atoms with E-state index in [4.69, 9.17) is 0 Å². The number of carbonyl (C=O) groups excluding carboxylic acids is 1. The molecule has 0 saturated carbocycles. The van der Waals surface area contributed by atoms with Gasteiger partial charge in [-0.1, -0.05) is 0 Å². The van der Waals surface area contributed by atoms with Crippen molar-refractivity contribution < 1.29 is 4.79 Å². The molecule has 2 rings (SSSR count). The molecule has 1 aliphatic heterocycles. The van der Waals surface area contributed by atoms with Crippen LogP contribution in [0.15, 0.2) is 11.4 Å². The Morgan fingerprint density at radius 2 is 2.47 bits per heavy atom. The van der Waals surface area contributed by atoms with Crippen LogP contribution in [0, 0.1) is 12.8 Å². The Kier molecular flexibility index (Phi) is 3.07. The van der Waals surface area contributed by atoms with Gasteiger partial charge in [0.05, 0.1) is 5.92 Å². The number of hydrogen-bond acceptors (Lipinski definition) is 3. The Morgan fingerprint density at radius 1 is 1.67 bits per heavy atom. The first-order valence-corrected chi connectivity index (χ1v) is 6.10. The summed E-state index contributed by atoms with van der Waals surface area (Å²) >= 11 is 1.63. The number of hydrogen-bond donors (Lipinski definition) is 1. The summed E-state index contributed by atoms with van der Waals surface area (Å²) in [5.41, 5.74) is 1.18. The highest BCUT2D eigenvalue weighted by Gasteiger charge is 2.26. The van der Waals surface area contributed by atoms with Gasteiger partial charge in [-0.2, -0.15) is 0 Å². The van der Waals surface area contributed by atoms with Gasteiger partial charge in [-0.05, 0) is 36.9 Å². The molecule has 1 saturated heterocycles. The lowest BCUT2D eigenvalue weighted by Gasteiger charge is -2.19. The molecule has 0 aromatic carbocycles. The van der Waals surface area contributed by atoms with Crippen molar-refractivity contribution in [3.8, 4) is 0 Å². The Labute approximate surface area is 94.1 Å². The smallest absolute Gasteiger partial charge is 0.231 e. The van der Waals surface area contributed by atoms with E-state index in [0.29, 0.717) is 0 Å². The molecule has 4 heteroatoms. The van der Waals surface area contributed by atoms with E-state index in [1.54, 1.807) is 16.2 Å². The fourth-order valence-electron chi connectivity index (χ4n) is 1.95. The molecule has 1 aromatic heterocycles. The summed E-state index contributed by atoms with van der Waals surface area (Å²) in [5, 5.41) is 6.33. The molecule has 1 amide bonds. The van der Waals surface area contributed by atoms with E-state index in [1.807, 2.05) is 19.4 Å². The van der Waals surface area contributed by atoms with Crippen LogP contribution in [0.4, 0.5) is 5.00 Å². The largest absolute Gasteiger partial charge is 0.316 e. The normalized spacial score (nSPS) is 20.5. The zero-order chi connectivity index (χ0) is 10.8. The van der Waals surface area contributed by atoms with E-state index >= 15 is 0 Å². The zero-order valence-corrected chi connectivity index (χ0v) is 9.93. The molecule has 1 N–H and O–H groups in total. The van der Waals surface area contributed by atoms with Crippen molar-refractivity contribution in [2.24, 2.45) is 5.92 Å². The third-order valence-corrected chi connectivity index (χ3v) is 3.97. The van der Waals surface area contributed by atoms with Gasteiger partial charge in [0.15, 0.2) is 0 Å². The lowest BCUT2D eigenvalue weighted by molar-refractivity contribution is -0.121. The van der Waals surface area contributed by atoms with Crippen LogP contribution in [0.2, 0.25) is 0 Å². The molecule has 1 atom stereocenters. The first-order chi connectivity index (χ1) is 7.20. The van der Waals surface area contributed by atoms with Crippen molar-refractivity contribution in [2.45, 2.75) is 13.3 Å². The number of nitrogens with one attached hydrogen (secondary N) is 1. The standard InChI is InChI=1S/C11H16N2OS/c1-8-4-6-15-11(8)13(2)10(14)9-3-5-12-7-9/h4,6,9,12H,3,5,7H2,1-2H3. The number of thiophene rings is 1. The molecular weight excluding hydrogens is 208 g/mol. The number of aryl methyl sites for hydroxylation is 1. The van der Waals surface area contributed by atoms with Gasteiger partial charge in [0, 0.05) is 13.6 Å². The van der Waals surface area contributed by atoms with Crippen molar-refractivity contribution in [3.63, 3.8) is 0 Å². The van der Waals surface area contributed by atoms with Gasteiger partial charge in [0.25, 0.3) is 0 Å². The Balaban J connectivity index is 2.10. The maximum absolute atomic E-state index is 12.1. The number of rotatable bonds is 2. The van der Waals surface area contributed by atoms with Crippen molar-refractivity contribution in [3.05, 3.63) is 17.0 Å². The second-order valence-corrected chi connectivity index (χ2v) is 4.89. The summed E-state index contributed by atoms with van der Waals surface area (Å²) < 4.78 is 0. The third-order valence-electron chi connectivity index (χ3n) is 2.88. The molecule has 2 heterocycles. The van der Waals surface area contributed by atoms with Gasteiger partial charge >= 0.3 is 0 Å². The van der Waals surface area contributed by atoms with Gasteiger partial charge in [-0.15, -0.1) is 11.3 Å². The van der Waals surface area contributed by atoms with E-state index < -0.39 is 0 Å². The molecule has 0 aliphatic carbocycles. The molecule has 1 aliphatic rings. The molecule has 15 heavy (non-hydrogen) atoms. The lowest BCUT2D eigenvalue weighted by Crippen LogP contribution is -2.33. The van der Waals surface area contributed by atoms with Crippen LogP contribution in [-0.4, -0.2) is 26.0 Å². The van der Waals surface area contributed by atoms with E-state index in [2.05, 4.69) is 11.4 Å². The van der Waals surface area contributed by atoms with E-state index in [1.165, 1.54) is 5.56 Å². The summed E-state index contributed by atoms with van der Waals surface area (Å²) in [6.45, 7) is 3.84. The number of amides is 1. The minimum atomic E-state index is 0.163. The molecule has 82 valence electrons. The Hall–Kier alpha value is -0.870. The highest BCUT2D eigenvalue weighted by molar-refractivity contribution is 7.14. The van der Waals surface area contributed by atoms with Gasteiger partial charge in [0.2, 0.25) is 5.91 Å². The highest BCUT2D eigenvalue weighted by atomic mass is 32.1. The summed E-state index contributed by atoms with van der Waals surface area (Å²) in [6, 6.07) is 2.05. The van der Waals surface area contributed by atoms with Crippen LogP contribution in [0.3, 0.4) is 0 Å². The second-order valence-electron chi connectivity index (χ2n) is 4.00. The molecule has 1 fully saturated rings. The molecular formula is C11H16N2OS. The van der Waals surface area contributed by atoms with Crippen LogP contribution in [0.1, 0.15) is 12.0 Å². The van der Waals surface area contributed by atoms with Crippen molar-refractivity contribution >= 4 is 22.2 Å². The van der Waals surface area contributed by atoms with Gasteiger partial charge in [-0.25, -0.2) is 0 Å². The predicted octanol–water partition coefficient (Wildman–Crippen LogP) is 1.63. The number of anilines is 1. The second kappa shape index (κ2) is 4.33. The summed E-state index contributed by atoms with van der Waals surface area (Å²) in [6.07, 6.45) is 0.966. The number of nitrogens with zero attached hydrogens (tertiary/aromatic N) is 1. The van der Waals surface area contributed by atoms with E-state index in [-0.39, 0.29) is 11.8 Å². The lowest BCUT2D eigenvalue weighted by atomic mass is 10.1. The average Bonchev–Trinajstić information content (AvgIpc) is 2.85. The maximum Gasteiger partial charge on any atom is 0.231 e. The van der Waals surface area contributed by atoms with Crippen molar-refractivity contribution in [1.82, 2.24) is 5.32 Å². The van der Waals surface area contributed by atoms with Crippen LogP contribution in [0.25, 0.3) is 0 Å². The monoisotopic (exact) mass is 224 g/mol. The topological polar surface area (TPSA) is 32.3 Å². The quantitative estimate of drug-likeness (QED) is 0.828. The van der Waals surface area contributed by atoms with Crippen molar-refractivity contribution in [1.29, 1.82) is 0 Å². The highest BCUT2D eigenvalue weighted by Crippen LogP contribution is 2.27. The average molecular weight is 224 g/mol. The predicted molar refractivity (Wildman–Crippen MR) is 63.4 cm³/mol. The minimum Gasteiger partial charge on any atom is -0.316 e. The summed E-state index contributed by atoms with van der Waals surface area (Å²) in [7, 11) is 1.87. The summed E-state index contributed by atoms with van der Waals surface area (Å²) in [5.74, 6) is 0.405. The SMILES string of the molecule is Cc1ccsc1N(C)C(=O)C1CCNC1. The summed E-state index contributed by atoms with van der Waals surface area (Å²) in [4.78, 5) is 13.9. The Bertz CT molecular complexity index is 355. The third kappa shape index (κ3) is 2.06. The molecule has 0 bridgehead atoms. The van der Waals surface area contributed by atoms with E-state index in [9.17, 15) is 4.79 Å². The van der Waals surface area contributed by atoms with Crippen LogP contribution < -0.4 is 10.2 Å². The van der Waals surface area contributed by atoms with Crippen LogP contribution >= 0.6 is 11.3 Å².